The van der Waals surface area contributed by atoms with E-state index in [0.29, 0.717) is 11.7 Å². The second-order valence-corrected chi connectivity index (χ2v) is 7.15. The topological polar surface area (TPSA) is 71.0 Å². The Balaban J connectivity index is 1.85. The largest absolute Gasteiger partial charge is 0.331 e. The molecule has 0 radical (unpaired) electrons. The van der Waals surface area contributed by atoms with Crippen molar-refractivity contribution < 1.29 is 4.79 Å². The Labute approximate surface area is 161 Å². The van der Waals surface area contributed by atoms with Crippen molar-refractivity contribution in [2.24, 2.45) is 5.92 Å². The Kier molecular flexibility index (Phi) is 6.55. The molecule has 6 nitrogen and oxygen atoms in total. The van der Waals surface area contributed by atoms with Gasteiger partial charge in [-0.1, -0.05) is 25.1 Å². The van der Waals surface area contributed by atoms with Gasteiger partial charge in [-0.2, -0.15) is 5.10 Å². The fraction of sp³-hybridized carbons (Fsp3) is 0.353. The number of hydrogen-bond donors (Lipinski definition) is 3. The minimum atomic E-state index is -0.265. The molecule has 0 unspecified atom stereocenters. The maximum absolute atomic E-state index is 12.3. The molecule has 1 atom stereocenters. The number of halogens is 1. The number of anilines is 1. The van der Waals surface area contributed by atoms with Gasteiger partial charge in [0.25, 0.3) is 0 Å². The number of hydrazine groups is 1. The van der Waals surface area contributed by atoms with E-state index in [0.717, 1.165) is 27.1 Å². The van der Waals surface area contributed by atoms with Crippen LogP contribution in [-0.2, 0) is 11.3 Å². The SMILES string of the molecule is Cc1ccccc1NC(=S)NNC(=O)[C@@H](C)Cn1nc(C)c(Br)c1C. The van der Waals surface area contributed by atoms with Crippen molar-refractivity contribution in [3.63, 3.8) is 0 Å². The van der Waals surface area contributed by atoms with Gasteiger partial charge in [0.1, 0.15) is 0 Å². The van der Waals surface area contributed by atoms with Crippen LogP contribution in [0.2, 0.25) is 0 Å². The summed E-state index contributed by atoms with van der Waals surface area (Å²) in [5.41, 5.74) is 9.26. The molecule has 0 aliphatic rings. The molecule has 1 amide bonds. The second kappa shape index (κ2) is 8.44. The van der Waals surface area contributed by atoms with Crippen molar-refractivity contribution in [1.29, 1.82) is 0 Å². The summed E-state index contributed by atoms with van der Waals surface area (Å²) in [6, 6.07) is 7.79. The van der Waals surface area contributed by atoms with Crippen LogP contribution in [0.3, 0.4) is 0 Å². The average molecular weight is 424 g/mol. The van der Waals surface area contributed by atoms with Crippen LogP contribution in [0.4, 0.5) is 5.69 Å². The molecule has 2 aromatic rings. The Morgan fingerprint density at radius 1 is 1.28 bits per heavy atom. The molecular weight excluding hydrogens is 402 g/mol. The van der Waals surface area contributed by atoms with Gasteiger partial charge in [0.05, 0.1) is 22.6 Å². The van der Waals surface area contributed by atoms with Gasteiger partial charge in [0.2, 0.25) is 5.91 Å². The second-order valence-electron chi connectivity index (χ2n) is 5.95. The number of nitrogens with zero attached hydrogens (tertiary/aromatic N) is 2. The van der Waals surface area contributed by atoms with Gasteiger partial charge in [-0.25, -0.2) is 0 Å². The molecule has 1 aromatic carbocycles. The lowest BCUT2D eigenvalue weighted by Crippen LogP contribution is -2.46. The Bertz CT molecular complexity index is 789. The first kappa shape index (κ1) is 19.4. The molecule has 3 N–H and O–H groups in total. The van der Waals surface area contributed by atoms with Gasteiger partial charge < -0.3 is 5.32 Å². The van der Waals surface area contributed by atoms with E-state index in [1.54, 1.807) is 0 Å². The molecule has 0 saturated heterocycles. The van der Waals surface area contributed by atoms with E-state index < -0.39 is 0 Å². The number of aryl methyl sites for hydroxylation is 2. The zero-order valence-corrected chi connectivity index (χ0v) is 17.1. The first-order valence-corrected chi connectivity index (χ1v) is 9.11. The summed E-state index contributed by atoms with van der Waals surface area (Å²) >= 11 is 8.70. The fourth-order valence-electron chi connectivity index (χ4n) is 2.30. The lowest BCUT2D eigenvalue weighted by molar-refractivity contribution is -0.125. The van der Waals surface area contributed by atoms with Crippen LogP contribution in [0, 0.1) is 26.7 Å². The minimum absolute atomic E-state index is 0.155. The molecule has 0 saturated carbocycles. The van der Waals surface area contributed by atoms with E-state index in [4.69, 9.17) is 12.2 Å². The van der Waals surface area contributed by atoms with Crippen LogP contribution in [0.1, 0.15) is 23.9 Å². The fourth-order valence-corrected chi connectivity index (χ4v) is 2.75. The Morgan fingerprint density at radius 2 is 1.96 bits per heavy atom. The van der Waals surface area contributed by atoms with Gasteiger partial charge in [0, 0.05) is 11.4 Å². The lowest BCUT2D eigenvalue weighted by Gasteiger charge is -2.16. The highest BCUT2D eigenvalue weighted by molar-refractivity contribution is 9.10. The van der Waals surface area contributed by atoms with Gasteiger partial charge in [-0.05, 0) is 60.5 Å². The summed E-state index contributed by atoms with van der Waals surface area (Å²) in [6.07, 6.45) is 0. The highest BCUT2D eigenvalue weighted by Gasteiger charge is 2.17. The first-order chi connectivity index (χ1) is 11.8. The van der Waals surface area contributed by atoms with Crippen molar-refractivity contribution in [1.82, 2.24) is 20.6 Å². The van der Waals surface area contributed by atoms with Crippen LogP contribution in [0.15, 0.2) is 28.7 Å². The number of para-hydroxylation sites is 1. The van der Waals surface area contributed by atoms with Gasteiger partial charge in [0.15, 0.2) is 5.11 Å². The minimum Gasteiger partial charge on any atom is -0.331 e. The number of benzene rings is 1. The standard InChI is InChI=1S/C17H22BrN5OS/c1-10-7-5-6-8-14(10)19-17(25)21-20-16(24)11(2)9-23-13(4)15(18)12(3)22-23/h5-8,11H,9H2,1-4H3,(H,20,24)(H2,19,21,25)/t11-/m0/s1. The number of hydrogen-bond acceptors (Lipinski definition) is 3. The molecule has 134 valence electrons. The molecule has 0 fully saturated rings. The normalized spacial score (nSPS) is 11.7. The van der Waals surface area contributed by atoms with Crippen molar-refractivity contribution in [2.45, 2.75) is 34.2 Å². The summed E-state index contributed by atoms with van der Waals surface area (Å²) in [4.78, 5) is 12.3. The van der Waals surface area contributed by atoms with E-state index >= 15 is 0 Å². The number of amides is 1. The van der Waals surface area contributed by atoms with Crippen molar-refractivity contribution >= 4 is 44.9 Å². The predicted molar refractivity (Wildman–Crippen MR) is 107 cm³/mol. The summed E-state index contributed by atoms with van der Waals surface area (Å²) < 4.78 is 2.80. The zero-order chi connectivity index (χ0) is 18.6. The van der Waals surface area contributed by atoms with Crippen LogP contribution >= 0.6 is 28.1 Å². The maximum Gasteiger partial charge on any atom is 0.243 e. The van der Waals surface area contributed by atoms with E-state index in [2.05, 4.69) is 37.2 Å². The van der Waals surface area contributed by atoms with Crippen LogP contribution < -0.4 is 16.2 Å². The van der Waals surface area contributed by atoms with E-state index in [-0.39, 0.29) is 11.8 Å². The summed E-state index contributed by atoms with van der Waals surface area (Å²) in [6.45, 7) is 8.21. The third-order valence-electron chi connectivity index (χ3n) is 3.88. The van der Waals surface area contributed by atoms with E-state index in [1.807, 2.05) is 56.6 Å². The lowest BCUT2D eigenvalue weighted by atomic mass is 10.1. The van der Waals surface area contributed by atoms with Gasteiger partial charge in [-0.15, -0.1) is 0 Å². The number of thiocarbonyl (C=S) groups is 1. The van der Waals surface area contributed by atoms with Crippen molar-refractivity contribution in [3.8, 4) is 0 Å². The number of carbonyl (C=O) groups excluding carboxylic acids is 1. The van der Waals surface area contributed by atoms with E-state index in [9.17, 15) is 4.79 Å². The highest BCUT2D eigenvalue weighted by atomic mass is 79.9. The summed E-state index contributed by atoms with van der Waals surface area (Å²) in [5, 5.41) is 7.82. The monoisotopic (exact) mass is 423 g/mol. The van der Waals surface area contributed by atoms with Crippen LogP contribution in [0.25, 0.3) is 0 Å². The summed E-state index contributed by atoms with van der Waals surface area (Å²) in [5.74, 6) is -0.420. The Hall–Kier alpha value is -1.93. The van der Waals surface area contributed by atoms with Gasteiger partial charge >= 0.3 is 0 Å². The molecule has 0 bridgehead atoms. The molecule has 2 rings (SSSR count). The molecular formula is C17H22BrN5OS. The van der Waals surface area contributed by atoms with Crippen LogP contribution in [-0.4, -0.2) is 20.8 Å². The number of carbonyl (C=O) groups is 1. The number of nitrogens with one attached hydrogen (secondary N) is 3. The molecule has 1 aromatic heterocycles. The van der Waals surface area contributed by atoms with Gasteiger partial charge in [-0.3, -0.25) is 20.3 Å². The summed E-state index contributed by atoms with van der Waals surface area (Å²) in [7, 11) is 0. The Morgan fingerprint density at radius 3 is 2.56 bits per heavy atom. The smallest absolute Gasteiger partial charge is 0.243 e. The third kappa shape index (κ3) is 5.02. The molecule has 8 heteroatoms. The quantitative estimate of drug-likeness (QED) is 0.520. The third-order valence-corrected chi connectivity index (χ3v) is 5.23. The van der Waals surface area contributed by atoms with Crippen molar-refractivity contribution in [3.05, 3.63) is 45.7 Å². The predicted octanol–water partition coefficient (Wildman–Crippen LogP) is 3.22. The molecule has 25 heavy (non-hydrogen) atoms. The molecule has 0 aliphatic heterocycles. The van der Waals surface area contributed by atoms with E-state index in [1.165, 1.54) is 0 Å². The molecule has 0 spiro atoms. The highest BCUT2D eigenvalue weighted by Crippen LogP contribution is 2.20. The zero-order valence-electron chi connectivity index (χ0n) is 14.7. The number of aromatic nitrogens is 2. The average Bonchev–Trinajstić information content (AvgIpc) is 2.81. The van der Waals surface area contributed by atoms with Crippen molar-refractivity contribution in [2.75, 3.05) is 5.32 Å². The maximum atomic E-state index is 12.3. The first-order valence-electron chi connectivity index (χ1n) is 7.91. The number of rotatable bonds is 4. The molecule has 1 heterocycles. The molecule has 0 aliphatic carbocycles. The van der Waals surface area contributed by atoms with Crippen LogP contribution in [0.5, 0.6) is 0 Å².